The highest BCUT2D eigenvalue weighted by atomic mass is 16.6. The predicted molar refractivity (Wildman–Crippen MR) is 31.7 cm³/mol. The van der Waals surface area contributed by atoms with E-state index in [9.17, 15) is 4.79 Å². The lowest BCUT2D eigenvalue weighted by molar-refractivity contribution is -0.136. The topological polar surface area (TPSA) is 49.8 Å². The Morgan fingerprint density at radius 3 is 2.56 bits per heavy atom. The fraction of sp³-hybridized carbons (Fsp3) is 0.800. The van der Waals surface area contributed by atoms with Crippen molar-refractivity contribution in [3.05, 3.63) is 0 Å². The predicted octanol–water partition coefficient (Wildman–Crippen LogP) is -0.959. The zero-order chi connectivity index (χ0) is 7.28. The van der Waals surface area contributed by atoms with Gasteiger partial charge in [0.1, 0.15) is 13.4 Å². The number of amides is 1. The molecule has 0 saturated heterocycles. The Bertz CT molecular complexity index is 92.2. The molecule has 0 spiro atoms. The fourth-order valence-electron chi connectivity index (χ4n) is 0.262. The van der Waals surface area contributed by atoms with E-state index in [1.54, 1.807) is 14.1 Å². The minimum atomic E-state index is -0.403. The third-order valence-electron chi connectivity index (χ3n) is 0.816. The molecule has 0 radical (unpaired) electrons. The maximum absolute atomic E-state index is 10.6. The number of rotatable bonds is 3. The van der Waals surface area contributed by atoms with Crippen LogP contribution >= 0.6 is 0 Å². The average Bonchev–Trinajstić information content (AvgIpc) is 1.82. The second-order valence-electron chi connectivity index (χ2n) is 1.77. The molecular formula is C5H11NO3. The van der Waals surface area contributed by atoms with Crippen LogP contribution in [0.1, 0.15) is 0 Å². The summed E-state index contributed by atoms with van der Waals surface area (Å²) in [6.45, 7) is -0.455. The van der Waals surface area contributed by atoms with Crippen molar-refractivity contribution in [1.82, 2.24) is 4.90 Å². The van der Waals surface area contributed by atoms with Crippen molar-refractivity contribution in [2.24, 2.45) is 0 Å². The molecule has 0 aliphatic heterocycles. The highest BCUT2D eigenvalue weighted by Gasteiger charge is 2.01. The highest BCUT2D eigenvalue weighted by Crippen LogP contribution is 1.78. The largest absolute Gasteiger partial charge is 0.371 e. The molecule has 0 rings (SSSR count). The van der Waals surface area contributed by atoms with E-state index in [-0.39, 0.29) is 12.5 Å². The standard InChI is InChI=1S/C5H11NO3/c1-6(2)5(8)3-9-4-7/h7H,3-4H2,1-2H3. The summed E-state index contributed by atoms with van der Waals surface area (Å²) in [6, 6.07) is 0. The second kappa shape index (κ2) is 4.29. The number of hydrogen-bond acceptors (Lipinski definition) is 3. The smallest absolute Gasteiger partial charge is 0.248 e. The van der Waals surface area contributed by atoms with Crippen LogP contribution in [0.4, 0.5) is 0 Å². The molecule has 0 aliphatic rings. The Labute approximate surface area is 54.0 Å². The number of hydrogen-bond donors (Lipinski definition) is 1. The molecule has 0 unspecified atom stereocenters. The van der Waals surface area contributed by atoms with Gasteiger partial charge in [0.25, 0.3) is 0 Å². The Balaban J connectivity index is 3.28. The normalized spacial score (nSPS) is 9.22. The number of ether oxygens (including phenoxy) is 1. The zero-order valence-electron chi connectivity index (χ0n) is 5.63. The van der Waals surface area contributed by atoms with Crippen molar-refractivity contribution < 1.29 is 14.6 Å². The number of carbonyl (C=O) groups is 1. The van der Waals surface area contributed by atoms with Crippen LogP contribution in [0.3, 0.4) is 0 Å². The molecule has 0 aromatic rings. The van der Waals surface area contributed by atoms with E-state index in [1.807, 2.05) is 0 Å². The van der Waals surface area contributed by atoms with Gasteiger partial charge in [-0.2, -0.15) is 0 Å². The quantitative estimate of drug-likeness (QED) is 0.504. The van der Waals surface area contributed by atoms with Crippen LogP contribution in [0, 0.1) is 0 Å². The third kappa shape index (κ3) is 3.93. The molecule has 1 N–H and O–H groups in total. The zero-order valence-corrected chi connectivity index (χ0v) is 5.63. The van der Waals surface area contributed by atoms with Gasteiger partial charge in [0.15, 0.2) is 0 Å². The number of nitrogens with zero attached hydrogens (tertiary/aromatic N) is 1. The molecule has 9 heavy (non-hydrogen) atoms. The van der Waals surface area contributed by atoms with Crippen LogP contribution in [0.2, 0.25) is 0 Å². The Morgan fingerprint density at radius 1 is 1.67 bits per heavy atom. The first-order valence-electron chi connectivity index (χ1n) is 2.57. The van der Waals surface area contributed by atoms with Gasteiger partial charge in [-0.25, -0.2) is 0 Å². The SMILES string of the molecule is CN(C)C(=O)COCO. The lowest BCUT2D eigenvalue weighted by Gasteiger charge is -2.08. The average molecular weight is 133 g/mol. The second-order valence-corrected chi connectivity index (χ2v) is 1.77. The molecule has 4 heteroatoms. The van der Waals surface area contributed by atoms with Crippen molar-refractivity contribution in [3.8, 4) is 0 Å². The molecule has 0 saturated carbocycles. The van der Waals surface area contributed by atoms with Crippen LogP contribution in [0.15, 0.2) is 0 Å². The minimum absolute atomic E-state index is 0.0521. The first-order chi connectivity index (χ1) is 4.18. The van der Waals surface area contributed by atoms with Crippen LogP contribution in [-0.4, -0.2) is 43.4 Å². The van der Waals surface area contributed by atoms with Crippen LogP contribution < -0.4 is 0 Å². The first kappa shape index (κ1) is 8.39. The number of aliphatic hydroxyl groups excluding tert-OH is 1. The first-order valence-corrected chi connectivity index (χ1v) is 2.57. The summed E-state index contributed by atoms with van der Waals surface area (Å²) in [6.07, 6.45) is 0. The molecular weight excluding hydrogens is 122 g/mol. The van der Waals surface area contributed by atoms with Crippen molar-refractivity contribution in [2.75, 3.05) is 27.5 Å². The summed E-state index contributed by atoms with van der Waals surface area (Å²) in [5.74, 6) is -0.149. The van der Waals surface area contributed by atoms with E-state index < -0.39 is 6.79 Å². The molecule has 0 aromatic heterocycles. The number of carbonyl (C=O) groups excluding carboxylic acids is 1. The monoisotopic (exact) mass is 133 g/mol. The lowest BCUT2D eigenvalue weighted by atomic mass is 10.6. The summed E-state index contributed by atoms with van der Waals surface area (Å²) in [5, 5.41) is 8.10. The molecule has 4 nitrogen and oxygen atoms in total. The molecule has 1 amide bonds. The Kier molecular flexibility index (Phi) is 4.00. The van der Waals surface area contributed by atoms with Crippen molar-refractivity contribution in [2.45, 2.75) is 0 Å². The van der Waals surface area contributed by atoms with Gasteiger partial charge < -0.3 is 14.7 Å². The summed E-state index contributed by atoms with van der Waals surface area (Å²) in [7, 11) is 3.26. The molecule has 0 bridgehead atoms. The van der Waals surface area contributed by atoms with Gasteiger partial charge in [-0.15, -0.1) is 0 Å². The maximum atomic E-state index is 10.6. The van der Waals surface area contributed by atoms with Crippen molar-refractivity contribution >= 4 is 5.91 Å². The molecule has 0 aromatic carbocycles. The van der Waals surface area contributed by atoms with Crippen LogP contribution in [0.5, 0.6) is 0 Å². The van der Waals surface area contributed by atoms with E-state index in [1.165, 1.54) is 4.90 Å². The van der Waals surface area contributed by atoms with Crippen molar-refractivity contribution in [3.63, 3.8) is 0 Å². The Morgan fingerprint density at radius 2 is 2.22 bits per heavy atom. The highest BCUT2D eigenvalue weighted by molar-refractivity contribution is 5.76. The van der Waals surface area contributed by atoms with Crippen molar-refractivity contribution in [1.29, 1.82) is 0 Å². The van der Waals surface area contributed by atoms with Gasteiger partial charge in [0, 0.05) is 14.1 Å². The Hall–Kier alpha value is -0.610. The molecule has 0 atom stereocenters. The van der Waals surface area contributed by atoms with E-state index in [4.69, 9.17) is 5.11 Å². The van der Waals surface area contributed by atoms with Gasteiger partial charge in [-0.3, -0.25) is 4.79 Å². The van der Waals surface area contributed by atoms with E-state index in [2.05, 4.69) is 4.74 Å². The molecule has 0 fully saturated rings. The third-order valence-corrected chi connectivity index (χ3v) is 0.816. The van der Waals surface area contributed by atoms with E-state index in [0.29, 0.717) is 0 Å². The molecule has 0 heterocycles. The summed E-state index contributed by atoms with van der Waals surface area (Å²) in [4.78, 5) is 12.0. The van der Waals surface area contributed by atoms with E-state index >= 15 is 0 Å². The van der Waals surface area contributed by atoms with Crippen LogP contribution in [-0.2, 0) is 9.53 Å². The van der Waals surface area contributed by atoms with Gasteiger partial charge >= 0.3 is 0 Å². The summed E-state index contributed by atoms with van der Waals surface area (Å²) < 4.78 is 4.42. The lowest BCUT2D eigenvalue weighted by Crippen LogP contribution is -2.26. The molecule has 0 aliphatic carbocycles. The van der Waals surface area contributed by atoms with Gasteiger partial charge in [0.2, 0.25) is 5.91 Å². The maximum Gasteiger partial charge on any atom is 0.248 e. The number of aliphatic hydroxyl groups is 1. The summed E-state index contributed by atoms with van der Waals surface area (Å²) >= 11 is 0. The molecule has 54 valence electrons. The fourth-order valence-corrected chi connectivity index (χ4v) is 0.262. The minimum Gasteiger partial charge on any atom is -0.371 e. The van der Waals surface area contributed by atoms with Crippen LogP contribution in [0.25, 0.3) is 0 Å². The van der Waals surface area contributed by atoms with Gasteiger partial charge in [0.05, 0.1) is 0 Å². The summed E-state index contributed by atoms with van der Waals surface area (Å²) in [5.41, 5.74) is 0. The van der Waals surface area contributed by atoms with Gasteiger partial charge in [-0.05, 0) is 0 Å². The van der Waals surface area contributed by atoms with E-state index in [0.717, 1.165) is 0 Å². The van der Waals surface area contributed by atoms with Gasteiger partial charge in [-0.1, -0.05) is 0 Å². The number of likely N-dealkylation sites (N-methyl/N-ethyl adjacent to an activating group) is 1.